The van der Waals surface area contributed by atoms with Gasteiger partial charge in [-0.3, -0.25) is 14.7 Å². The van der Waals surface area contributed by atoms with Crippen LogP contribution in [-0.2, 0) is 4.79 Å². The van der Waals surface area contributed by atoms with Gasteiger partial charge in [0.05, 0.1) is 0 Å². The Morgan fingerprint density at radius 3 is 2.25 bits per heavy atom. The molecule has 3 nitrogen and oxygen atoms in total. The monoisotopic (exact) mass is 326 g/mol. The van der Waals surface area contributed by atoms with Crippen LogP contribution in [0, 0.1) is 11.6 Å². The smallest absolute Gasteiger partial charge is 0.187 e. The Morgan fingerprint density at radius 2 is 1.67 bits per heavy atom. The second-order valence-electron chi connectivity index (χ2n) is 5.83. The van der Waals surface area contributed by atoms with Gasteiger partial charge in [0.15, 0.2) is 5.78 Å². The molecule has 0 spiro atoms. The second kappa shape index (κ2) is 6.84. The lowest BCUT2D eigenvalue weighted by Crippen LogP contribution is -2.34. The molecule has 0 radical (unpaired) electrons. The van der Waals surface area contributed by atoms with Crippen LogP contribution in [-0.4, -0.2) is 35.8 Å². The van der Waals surface area contributed by atoms with Gasteiger partial charge >= 0.3 is 0 Å². The first kappa shape index (κ1) is 16.2. The van der Waals surface area contributed by atoms with Crippen molar-refractivity contribution in [2.24, 2.45) is 0 Å². The zero-order valence-corrected chi connectivity index (χ0v) is 13.2. The molecule has 0 saturated carbocycles. The Hall–Kier alpha value is -2.66. The van der Waals surface area contributed by atoms with Crippen LogP contribution in [0.4, 0.5) is 8.78 Å². The van der Waals surface area contributed by atoms with Crippen molar-refractivity contribution in [2.75, 3.05) is 20.1 Å². The zero-order valence-electron chi connectivity index (χ0n) is 13.2. The predicted octanol–water partition coefficient (Wildman–Crippen LogP) is 3.34. The minimum atomic E-state index is -0.662. The lowest BCUT2D eigenvalue weighted by Gasteiger charge is -2.26. The Bertz CT molecular complexity index is 808. The number of halogens is 2. The fourth-order valence-corrected chi connectivity index (χ4v) is 2.73. The van der Waals surface area contributed by atoms with Crippen molar-refractivity contribution in [3.05, 3.63) is 76.6 Å². The highest BCUT2D eigenvalue weighted by atomic mass is 19.1. The number of nitrogens with zero attached hydrogens (tertiary/aromatic N) is 2. The number of rotatable bonds is 2. The highest BCUT2D eigenvalue weighted by Crippen LogP contribution is 2.21. The summed E-state index contributed by atoms with van der Waals surface area (Å²) in [5, 5.41) is 0. The van der Waals surface area contributed by atoms with Crippen LogP contribution in [0.25, 0.3) is 12.2 Å². The average molecular weight is 326 g/mol. The largest absolute Gasteiger partial charge is 0.298 e. The first-order valence-electron chi connectivity index (χ1n) is 7.52. The number of pyridine rings is 1. The number of Topliss-reactive ketones (excluding diaryl/α,β-unsaturated/α-hetero) is 1. The van der Waals surface area contributed by atoms with Gasteiger partial charge in [0.25, 0.3) is 0 Å². The molecule has 1 saturated heterocycles. The average Bonchev–Trinajstić information content (AvgIpc) is 2.52. The van der Waals surface area contributed by atoms with E-state index in [2.05, 4.69) is 4.98 Å². The third kappa shape index (κ3) is 3.81. The molecule has 3 rings (SSSR count). The minimum Gasteiger partial charge on any atom is -0.298 e. The van der Waals surface area contributed by atoms with Crippen molar-refractivity contribution in [1.82, 2.24) is 9.88 Å². The number of likely N-dealkylation sites (tertiary alicyclic amines) is 1. The molecular weight excluding hydrogens is 310 g/mol. The van der Waals surface area contributed by atoms with Gasteiger partial charge in [-0.2, -0.15) is 0 Å². The van der Waals surface area contributed by atoms with Crippen LogP contribution in [0.3, 0.4) is 0 Å². The Balaban J connectivity index is 1.95. The molecule has 0 N–H and O–H groups in total. The molecule has 0 unspecified atom stereocenters. The standard InChI is InChI=1S/C19H16F2N2O/c1-23-11-15(5-13-3-2-4-22-10-13)19(24)16(12-23)6-14-7-17(20)9-18(21)8-14/h2-10H,11-12H2,1H3/b15-5?,16-6+. The number of carbonyl (C=O) groups is 1. The molecule has 1 fully saturated rings. The maximum absolute atomic E-state index is 13.3. The fraction of sp³-hybridized carbons (Fsp3) is 0.158. The number of aromatic nitrogens is 1. The van der Waals surface area contributed by atoms with E-state index in [1.165, 1.54) is 12.1 Å². The number of hydrogen-bond donors (Lipinski definition) is 0. The summed E-state index contributed by atoms with van der Waals surface area (Å²) in [5.74, 6) is -1.43. The van der Waals surface area contributed by atoms with Gasteiger partial charge in [0, 0.05) is 42.7 Å². The summed E-state index contributed by atoms with van der Waals surface area (Å²) >= 11 is 0. The van der Waals surface area contributed by atoms with E-state index in [-0.39, 0.29) is 5.78 Å². The van der Waals surface area contributed by atoms with Crippen molar-refractivity contribution in [3.63, 3.8) is 0 Å². The van der Waals surface area contributed by atoms with Gasteiger partial charge < -0.3 is 0 Å². The molecule has 0 amide bonds. The van der Waals surface area contributed by atoms with E-state index in [4.69, 9.17) is 0 Å². The number of piperidine rings is 1. The molecule has 0 atom stereocenters. The SMILES string of the molecule is CN1CC(=Cc2cccnc2)C(=O)/C(=C/c2cc(F)cc(F)c2)C1. The number of benzene rings is 1. The Kier molecular flexibility index (Phi) is 4.62. The van der Waals surface area contributed by atoms with E-state index in [9.17, 15) is 13.6 Å². The number of carbonyl (C=O) groups excluding carboxylic acids is 1. The summed E-state index contributed by atoms with van der Waals surface area (Å²) in [7, 11) is 1.89. The second-order valence-corrected chi connectivity index (χ2v) is 5.83. The fourth-order valence-electron chi connectivity index (χ4n) is 2.73. The molecule has 0 aliphatic carbocycles. The third-order valence-electron chi connectivity index (χ3n) is 3.71. The van der Waals surface area contributed by atoms with Gasteiger partial charge in [0.2, 0.25) is 0 Å². The summed E-state index contributed by atoms with van der Waals surface area (Å²) < 4.78 is 26.7. The van der Waals surface area contributed by atoms with Crippen molar-refractivity contribution in [3.8, 4) is 0 Å². The van der Waals surface area contributed by atoms with Crippen LogP contribution in [0.15, 0.2) is 53.9 Å². The number of likely N-dealkylation sites (N-methyl/N-ethyl adjacent to an activating group) is 1. The van der Waals surface area contributed by atoms with E-state index < -0.39 is 11.6 Å². The van der Waals surface area contributed by atoms with Crippen LogP contribution >= 0.6 is 0 Å². The highest BCUT2D eigenvalue weighted by molar-refractivity contribution is 6.14. The molecule has 1 aromatic heterocycles. The van der Waals surface area contributed by atoms with Crippen molar-refractivity contribution in [1.29, 1.82) is 0 Å². The minimum absolute atomic E-state index is 0.110. The molecule has 122 valence electrons. The van der Waals surface area contributed by atoms with Crippen molar-refractivity contribution >= 4 is 17.9 Å². The summed E-state index contributed by atoms with van der Waals surface area (Å²) in [6.45, 7) is 0.948. The molecule has 1 aliphatic rings. The van der Waals surface area contributed by atoms with Crippen molar-refractivity contribution < 1.29 is 13.6 Å². The molecule has 2 aromatic rings. The van der Waals surface area contributed by atoms with Gasteiger partial charge in [-0.25, -0.2) is 8.78 Å². The zero-order chi connectivity index (χ0) is 17.1. The number of hydrogen-bond acceptors (Lipinski definition) is 3. The lowest BCUT2D eigenvalue weighted by molar-refractivity contribution is -0.113. The lowest BCUT2D eigenvalue weighted by atomic mass is 9.95. The van der Waals surface area contributed by atoms with E-state index in [0.29, 0.717) is 29.8 Å². The first-order chi connectivity index (χ1) is 11.5. The molecule has 1 aromatic carbocycles. The normalized spacial score (nSPS) is 19.2. The van der Waals surface area contributed by atoms with Crippen LogP contribution in [0.2, 0.25) is 0 Å². The third-order valence-corrected chi connectivity index (χ3v) is 3.71. The quantitative estimate of drug-likeness (QED) is 0.794. The summed E-state index contributed by atoms with van der Waals surface area (Å²) in [4.78, 5) is 18.7. The Morgan fingerprint density at radius 1 is 1.04 bits per heavy atom. The van der Waals surface area contributed by atoms with Crippen LogP contribution in [0.1, 0.15) is 11.1 Å². The molecule has 0 bridgehead atoms. The van der Waals surface area contributed by atoms with Gasteiger partial charge in [-0.1, -0.05) is 6.07 Å². The maximum Gasteiger partial charge on any atom is 0.187 e. The molecule has 24 heavy (non-hydrogen) atoms. The van der Waals surface area contributed by atoms with Crippen LogP contribution in [0.5, 0.6) is 0 Å². The number of ketones is 1. The van der Waals surface area contributed by atoms with Crippen molar-refractivity contribution in [2.45, 2.75) is 0 Å². The van der Waals surface area contributed by atoms with Gasteiger partial charge in [-0.15, -0.1) is 0 Å². The Labute approximate surface area is 138 Å². The van der Waals surface area contributed by atoms with Gasteiger partial charge in [0.1, 0.15) is 11.6 Å². The topological polar surface area (TPSA) is 33.2 Å². The molecule has 2 heterocycles. The molecular formula is C19H16F2N2O. The summed E-state index contributed by atoms with van der Waals surface area (Å²) in [6.07, 6.45) is 6.69. The van der Waals surface area contributed by atoms with Crippen LogP contribution < -0.4 is 0 Å². The summed E-state index contributed by atoms with van der Waals surface area (Å²) in [5.41, 5.74) is 2.31. The first-order valence-corrected chi connectivity index (χ1v) is 7.52. The van der Waals surface area contributed by atoms with E-state index >= 15 is 0 Å². The highest BCUT2D eigenvalue weighted by Gasteiger charge is 2.24. The van der Waals surface area contributed by atoms with E-state index in [1.54, 1.807) is 30.6 Å². The maximum atomic E-state index is 13.3. The molecule has 1 aliphatic heterocycles. The predicted molar refractivity (Wildman–Crippen MR) is 89.1 cm³/mol. The molecule has 5 heteroatoms. The van der Waals surface area contributed by atoms with Gasteiger partial charge in [-0.05, 0) is 48.5 Å². The van der Waals surface area contributed by atoms with E-state index in [0.717, 1.165) is 11.6 Å². The summed E-state index contributed by atoms with van der Waals surface area (Å²) in [6, 6.07) is 6.90. The van der Waals surface area contributed by atoms with E-state index in [1.807, 2.05) is 18.0 Å².